The zero-order valence-corrected chi connectivity index (χ0v) is 31.4. The molecule has 278 valence electrons. The van der Waals surface area contributed by atoms with Crippen molar-refractivity contribution in [3.8, 4) is 0 Å². The van der Waals surface area contributed by atoms with Crippen LogP contribution in [0.4, 0.5) is 0 Å². The maximum Gasteiger partial charge on any atom is 0.294 e. The molecule has 1 aliphatic heterocycles. The van der Waals surface area contributed by atoms with E-state index in [1.54, 1.807) is 36.4 Å². The van der Waals surface area contributed by atoms with Crippen molar-refractivity contribution in [2.75, 3.05) is 32.7 Å². The topological polar surface area (TPSA) is 196 Å². The number of nitrogens with zero attached hydrogens (tertiary/aromatic N) is 2. The molecule has 3 aromatic carbocycles. The van der Waals surface area contributed by atoms with Gasteiger partial charge < -0.3 is 10.6 Å². The molecule has 0 atom stereocenters. The first-order valence-corrected chi connectivity index (χ1v) is 21.0. The van der Waals surface area contributed by atoms with Crippen LogP contribution in [-0.4, -0.2) is 93.5 Å². The lowest BCUT2D eigenvalue weighted by molar-refractivity contribution is 0.0743. The van der Waals surface area contributed by atoms with Gasteiger partial charge in [0.15, 0.2) is 0 Å². The first-order valence-electron chi connectivity index (χ1n) is 16.7. The molecule has 3 aliphatic rings. The maximum atomic E-state index is 10.5. The van der Waals surface area contributed by atoms with E-state index >= 15 is 0 Å². The summed E-state index contributed by atoms with van der Waals surface area (Å²) in [5.74, 6) is 1.05. The Bertz CT molecular complexity index is 1620. The van der Waals surface area contributed by atoms with E-state index in [4.69, 9.17) is 19.4 Å². The lowest BCUT2D eigenvalue weighted by atomic mass is 9.90. The van der Waals surface area contributed by atoms with Crippen LogP contribution in [0, 0.1) is 26.7 Å². The van der Waals surface area contributed by atoms with Gasteiger partial charge in [-0.25, -0.2) is 0 Å². The molecule has 15 heteroatoms. The molecule has 0 spiro atoms. The number of rotatable bonds is 6. The maximum absolute atomic E-state index is 10.5. The minimum atomic E-state index is -4.02. The summed E-state index contributed by atoms with van der Waals surface area (Å²) < 4.78 is 88.7. The Hall–Kier alpha value is -2.73. The Labute approximate surface area is 297 Å². The van der Waals surface area contributed by atoms with E-state index in [1.165, 1.54) is 108 Å². The van der Waals surface area contributed by atoms with Crippen LogP contribution in [0.15, 0.2) is 87.5 Å². The molecule has 0 unspecified atom stereocenters. The van der Waals surface area contributed by atoms with Crippen molar-refractivity contribution >= 4 is 30.4 Å². The molecule has 3 fully saturated rings. The molecule has 1 saturated heterocycles. The van der Waals surface area contributed by atoms with Crippen LogP contribution in [0.25, 0.3) is 0 Å². The summed E-state index contributed by atoms with van der Waals surface area (Å²) in [5.41, 5.74) is 8.85. The average molecular weight is 754 g/mol. The van der Waals surface area contributed by atoms with Gasteiger partial charge in [0.05, 0.1) is 14.7 Å². The summed E-state index contributed by atoms with van der Waals surface area (Å²) in [5, 5.41) is 0. The second-order valence-corrected chi connectivity index (χ2v) is 17.5. The summed E-state index contributed by atoms with van der Waals surface area (Å²) in [6.45, 7) is 12.1. The van der Waals surface area contributed by atoms with Crippen molar-refractivity contribution in [2.45, 2.75) is 86.1 Å². The standard InChI is InChI=1S/C14H27N3.3C7H8O3S/c15-13-3-5-14(6-4-13)17-9-7-16(8-10-17)11-12-1-2-12;3*1-6-2-4-7(5-3-6)11(8,9)10/h12-14H,1-11,15H2;3*2-5H,1H3,(H,8,9,10). The van der Waals surface area contributed by atoms with Crippen molar-refractivity contribution in [3.05, 3.63) is 89.5 Å². The SMILES string of the molecule is Cc1ccc(S(=O)(=O)O)cc1.Cc1ccc(S(=O)(=O)O)cc1.Cc1ccc(S(=O)(=O)O)cc1.NC1CCC(N2CCN(CC3CC3)CC2)CC1. The van der Waals surface area contributed by atoms with Crippen LogP contribution in [0.3, 0.4) is 0 Å². The first-order chi connectivity index (χ1) is 23.3. The minimum absolute atomic E-state index is 0.0666. The molecule has 5 N–H and O–H groups in total. The van der Waals surface area contributed by atoms with Crippen molar-refractivity contribution in [2.24, 2.45) is 11.7 Å². The van der Waals surface area contributed by atoms with Gasteiger partial charge in [-0.1, -0.05) is 53.1 Å². The Morgan fingerprint density at radius 2 is 0.860 bits per heavy atom. The summed E-state index contributed by atoms with van der Waals surface area (Å²) in [6, 6.07) is 19.3. The van der Waals surface area contributed by atoms with Gasteiger partial charge in [0, 0.05) is 44.8 Å². The Morgan fingerprint density at radius 3 is 1.14 bits per heavy atom. The van der Waals surface area contributed by atoms with E-state index in [0.29, 0.717) is 6.04 Å². The van der Waals surface area contributed by atoms with Crippen LogP contribution in [0.1, 0.15) is 55.2 Å². The van der Waals surface area contributed by atoms with Crippen LogP contribution in [-0.2, 0) is 30.4 Å². The zero-order valence-electron chi connectivity index (χ0n) is 28.9. The highest BCUT2D eigenvalue weighted by Gasteiger charge is 2.30. The second-order valence-electron chi connectivity index (χ2n) is 13.2. The minimum Gasteiger partial charge on any atom is -0.328 e. The van der Waals surface area contributed by atoms with E-state index in [0.717, 1.165) is 28.7 Å². The molecule has 12 nitrogen and oxygen atoms in total. The normalized spacial score (nSPS) is 20.2. The van der Waals surface area contributed by atoms with Gasteiger partial charge in [0.1, 0.15) is 0 Å². The molecule has 2 saturated carbocycles. The lowest BCUT2D eigenvalue weighted by Crippen LogP contribution is -2.52. The highest BCUT2D eigenvalue weighted by atomic mass is 32.2. The largest absolute Gasteiger partial charge is 0.328 e. The number of piperazine rings is 1. The number of nitrogens with two attached hydrogens (primary N) is 1. The highest BCUT2D eigenvalue weighted by molar-refractivity contribution is 7.86. The first kappa shape index (κ1) is 41.7. The molecule has 3 aromatic rings. The Kier molecular flexibility index (Phi) is 15.6. The fraction of sp³-hybridized carbons (Fsp3) is 0.486. The van der Waals surface area contributed by atoms with E-state index < -0.39 is 30.4 Å². The van der Waals surface area contributed by atoms with E-state index in [2.05, 4.69) is 9.80 Å². The summed E-state index contributed by atoms with van der Waals surface area (Å²) in [4.78, 5) is 5.21. The Morgan fingerprint density at radius 1 is 0.540 bits per heavy atom. The summed E-state index contributed by atoms with van der Waals surface area (Å²) in [7, 11) is -12.1. The van der Waals surface area contributed by atoms with Crippen molar-refractivity contribution in [1.82, 2.24) is 9.80 Å². The van der Waals surface area contributed by atoms with Crippen molar-refractivity contribution < 1.29 is 38.9 Å². The second kappa shape index (κ2) is 18.7. The molecule has 6 rings (SSSR count). The Balaban J connectivity index is 0.000000185. The highest BCUT2D eigenvalue weighted by Crippen LogP contribution is 2.30. The van der Waals surface area contributed by atoms with Gasteiger partial charge in [-0.3, -0.25) is 18.6 Å². The molecule has 50 heavy (non-hydrogen) atoms. The fourth-order valence-electron chi connectivity index (χ4n) is 5.57. The third-order valence-corrected chi connectivity index (χ3v) is 11.4. The predicted octanol–water partition coefficient (Wildman–Crippen LogP) is 5.01. The number of benzene rings is 3. The van der Waals surface area contributed by atoms with Gasteiger partial charge in [-0.15, -0.1) is 0 Å². The van der Waals surface area contributed by atoms with Gasteiger partial charge in [-0.2, -0.15) is 25.3 Å². The molecule has 1 heterocycles. The molecule has 0 bridgehead atoms. The van der Waals surface area contributed by atoms with Crippen molar-refractivity contribution in [1.29, 1.82) is 0 Å². The molecular formula is C35H51N3O9S3. The smallest absolute Gasteiger partial charge is 0.294 e. The fourth-order valence-corrected chi connectivity index (χ4v) is 7.01. The zero-order chi connectivity index (χ0) is 37.1. The monoisotopic (exact) mass is 753 g/mol. The quantitative estimate of drug-likeness (QED) is 0.246. The molecule has 2 aliphatic carbocycles. The molecule has 0 amide bonds. The summed E-state index contributed by atoms with van der Waals surface area (Å²) in [6.07, 6.45) is 8.13. The van der Waals surface area contributed by atoms with Gasteiger partial charge in [0.2, 0.25) is 0 Å². The van der Waals surface area contributed by atoms with Crippen LogP contribution < -0.4 is 5.73 Å². The number of hydrogen-bond acceptors (Lipinski definition) is 9. The van der Waals surface area contributed by atoms with Crippen LogP contribution >= 0.6 is 0 Å². The van der Waals surface area contributed by atoms with Gasteiger partial charge in [-0.05, 0) is 102 Å². The third kappa shape index (κ3) is 15.3. The van der Waals surface area contributed by atoms with Gasteiger partial charge in [0.25, 0.3) is 30.4 Å². The molecule has 0 aromatic heterocycles. The van der Waals surface area contributed by atoms with E-state index in [1.807, 2.05) is 20.8 Å². The number of hydrogen-bond donors (Lipinski definition) is 4. The average Bonchev–Trinajstić information content (AvgIpc) is 3.86. The summed E-state index contributed by atoms with van der Waals surface area (Å²) >= 11 is 0. The third-order valence-electron chi connectivity index (χ3n) is 8.83. The predicted molar refractivity (Wildman–Crippen MR) is 194 cm³/mol. The lowest BCUT2D eigenvalue weighted by Gasteiger charge is -2.41. The van der Waals surface area contributed by atoms with Gasteiger partial charge >= 0.3 is 0 Å². The van der Waals surface area contributed by atoms with E-state index in [-0.39, 0.29) is 14.7 Å². The van der Waals surface area contributed by atoms with Crippen LogP contribution in [0.2, 0.25) is 0 Å². The van der Waals surface area contributed by atoms with Crippen LogP contribution in [0.5, 0.6) is 0 Å². The molecular weight excluding hydrogens is 703 g/mol. The van der Waals surface area contributed by atoms with E-state index in [9.17, 15) is 25.3 Å². The molecule has 0 radical (unpaired) electrons. The van der Waals surface area contributed by atoms with Crippen molar-refractivity contribution in [3.63, 3.8) is 0 Å². The number of aryl methyl sites for hydroxylation is 3.